The van der Waals surface area contributed by atoms with Crippen LogP contribution in [0.2, 0.25) is 0 Å². The van der Waals surface area contributed by atoms with Crippen LogP contribution in [0.1, 0.15) is 166 Å². The Balaban J connectivity index is 1.46. The van der Waals surface area contributed by atoms with E-state index in [2.05, 4.69) is 167 Å². The molecule has 0 bridgehead atoms. The second-order valence-corrected chi connectivity index (χ2v) is 25.6. The summed E-state index contributed by atoms with van der Waals surface area (Å²) in [6.07, 6.45) is -0.577. The van der Waals surface area contributed by atoms with Crippen LogP contribution in [-0.2, 0) is 85.5 Å². The molecule has 2 heterocycles. The maximum Gasteiger partial charge on any atom is 0.324 e. The molecule has 0 radical (unpaired) electrons. The normalized spacial score (nSPS) is 15.9. The second-order valence-electron chi connectivity index (χ2n) is 25.6. The number of nitrogens with one attached hydrogen (secondary N) is 2. The Morgan fingerprint density at radius 3 is 0.923 bits per heavy atom. The molecule has 0 amide bonds. The Kier molecular flexibility index (Phi) is 14.3. The smallest absolute Gasteiger partial charge is 0.324 e. The van der Waals surface area contributed by atoms with Crippen molar-refractivity contribution in [2.75, 3.05) is 37.1 Å². The molecule has 2 N–H and O–H groups in total. The number of carbonyl (C=O) groups excluding carboxylic acids is 4. The van der Waals surface area contributed by atoms with Gasteiger partial charge >= 0.3 is 23.9 Å². The topological polar surface area (TPSA) is 154 Å². The van der Waals surface area contributed by atoms with E-state index in [9.17, 15) is 19.2 Å². The number of nitrogens with zero attached hydrogens (tertiary/aromatic N) is 2. The fraction of sp³-hybridized carbons (Fsp3) is 0.455. The molecule has 0 atom stereocenters. The zero-order chi connectivity index (χ0) is 56.7. The van der Waals surface area contributed by atoms with Gasteiger partial charge in [0.2, 0.25) is 0 Å². The van der Waals surface area contributed by atoms with Gasteiger partial charge in [0.05, 0.1) is 37.8 Å². The Labute approximate surface area is 461 Å². The van der Waals surface area contributed by atoms with Crippen molar-refractivity contribution in [1.82, 2.24) is 0 Å². The van der Waals surface area contributed by atoms with Gasteiger partial charge in [-0.1, -0.05) is 132 Å². The Bertz CT molecular complexity index is 3070. The highest BCUT2D eigenvalue weighted by Crippen LogP contribution is 2.53. The minimum absolute atomic E-state index is 0.0241. The zero-order valence-electron chi connectivity index (χ0n) is 48.7. The van der Waals surface area contributed by atoms with Gasteiger partial charge in [-0.3, -0.25) is 19.2 Å². The third-order valence-electron chi connectivity index (χ3n) is 16.0. The second kappa shape index (κ2) is 20.0. The van der Waals surface area contributed by atoms with Crippen LogP contribution in [-0.4, -0.2) is 62.0 Å². The van der Waals surface area contributed by atoms with Gasteiger partial charge in [0.1, 0.15) is 11.7 Å². The number of aliphatic imine (C=N–C) groups is 2. The quantitative estimate of drug-likeness (QED) is 0.0785. The molecule has 4 aliphatic rings. The van der Waals surface area contributed by atoms with Crippen LogP contribution in [0.4, 0.5) is 22.7 Å². The van der Waals surface area contributed by atoms with Gasteiger partial charge in [-0.25, -0.2) is 9.98 Å². The Morgan fingerprint density at radius 2 is 0.667 bits per heavy atom. The molecule has 2 aliphatic heterocycles. The van der Waals surface area contributed by atoms with E-state index in [-0.39, 0.29) is 73.8 Å². The lowest BCUT2D eigenvalue weighted by Crippen LogP contribution is -2.43. The van der Waals surface area contributed by atoms with Crippen LogP contribution in [0.15, 0.2) is 82.8 Å². The molecule has 0 spiro atoms. The maximum absolute atomic E-state index is 15.0. The molecule has 9 rings (SSSR count). The van der Waals surface area contributed by atoms with Crippen LogP contribution in [0.3, 0.4) is 0 Å². The lowest BCUT2D eigenvalue weighted by Gasteiger charge is -2.25. The van der Waals surface area contributed by atoms with Crippen LogP contribution in [0.5, 0.6) is 0 Å². The predicted octanol–water partition coefficient (Wildman–Crippen LogP) is 13.6. The first-order chi connectivity index (χ1) is 36.6. The van der Waals surface area contributed by atoms with Crippen molar-refractivity contribution in [2.24, 2.45) is 20.8 Å². The zero-order valence-corrected chi connectivity index (χ0v) is 48.7. The fourth-order valence-corrected chi connectivity index (χ4v) is 11.6. The number of fused-ring (bicyclic) bond motifs is 8. The highest BCUT2D eigenvalue weighted by molar-refractivity contribution is 6.21. The third kappa shape index (κ3) is 9.71. The molecule has 78 heavy (non-hydrogen) atoms. The molecule has 2 aliphatic carbocycles. The van der Waals surface area contributed by atoms with E-state index in [1.54, 1.807) is 27.7 Å². The molecule has 0 saturated carbocycles. The van der Waals surface area contributed by atoms with Crippen LogP contribution < -0.4 is 10.6 Å². The molecule has 5 aromatic carbocycles. The van der Waals surface area contributed by atoms with Gasteiger partial charge in [0.15, 0.2) is 10.8 Å². The Morgan fingerprint density at radius 1 is 0.410 bits per heavy atom. The predicted molar refractivity (Wildman–Crippen MR) is 311 cm³/mol. The van der Waals surface area contributed by atoms with Crippen molar-refractivity contribution in [3.05, 3.63) is 128 Å². The van der Waals surface area contributed by atoms with Crippen molar-refractivity contribution in [3.63, 3.8) is 0 Å². The van der Waals surface area contributed by atoms with Crippen molar-refractivity contribution in [2.45, 2.75) is 158 Å². The van der Waals surface area contributed by atoms with Crippen LogP contribution in [0.25, 0.3) is 22.3 Å². The number of benzene rings is 5. The van der Waals surface area contributed by atoms with E-state index >= 15 is 0 Å². The number of hydrogen-bond acceptors (Lipinski definition) is 12. The van der Waals surface area contributed by atoms with E-state index < -0.39 is 34.7 Å². The summed E-state index contributed by atoms with van der Waals surface area (Å²) in [4.78, 5) is 71.1. The molecule has 0 saturated heterocycles. The van der Waals surface area contributed by atoms with E-state index in [1.165, 1.54) is 0 Å². The summed E-state index contributed by atoms with van der Waals surface area (Å²) in [5.74, 6) is -2.00. The van der Waals surface area contributed by atoms with Gasteiger partial charge in [-0.05, 0) is 118 Å². The summed E-state index contributed by atoms with van der Waals surface area (Å²) in [5.41, 5.74) is 9.94. The fourth-order valence-electron chi connectivity index (χ4n) is 11.6. The number of ether oxygens (including phenoxy) is 4. The highest BCUT2D eigenvalue weighted by atomic mass is 16.6. The first kappa shape index (κ1) is 55.7. The van der Waals surface area contributed by atoms with E-state index in [1.807, 2.05) is 0 Å². The summed E-state index contributed by atoms with van der Waals surface area (Å²) in [6.45, 7) is 33.0. The van der Waals surface area contributed by atoms with E-state index in [0.29, 0.717) is 56.4 Å². The monoisotopic (exact) mass is 1050 g/mol. The van der Waals surface area contributed by atoms with Crippen LogP contribution >= 0.6 is 0 Å². The third-order valence-corrected chi connectivity index (χ3v) is 16.0. The molecular formula is C66H78N4O8. The minimum Gasteiger partial charge on any atom is -0.465 e. The van der Waals surface area contributed by atoms with Crippen molar-refractivity contribution < 1.29 is 38.1 Å². The molecule has 0 unspecified atom stereocenters. The summed E-state index contributed by atoms with van der Waals surface area (Å²) in [5, 5.41) is 7.68. The lowest BCUT2D eigenvalue weighted by molar-refractivity contribution is -0.172. The van der Waals surface area contributed by atoms with Gasteiger partial charge < -0.3 is 29.6 Å². The summed E-state index contributed by atoms with van der Waals surface area (Å²) in [6, 6.07) is 25.7. The average molecular weight is 1060 g/mol. The van der Waals surface area contributed by atoms with Gasteiger partial charge in [-0.2, -0.15) is 0 Å². The first-order valence-corrected chi connectivity index (χ1v) is 27.8. The largest absolute Gasteiger partial charge is 0.465 e. The number of amidine groups is 2. The maximum atomic E-state index is 15.0. The van der Waals surface area contributed by atoms with E-state index in [0.717, 1.165) is 55.9 Å². The first-order valence-electron chi connectivity index (χ1n) is 27.8. The van der Waals surface area contributed by atoms with Crippen molar-refractivity contribution in [3.8, 4) is 22.3 Å². The standard InChI is InChI=1S/C66H78N4O8/c1-17-75-57(71)65(58(72)76-18-2)33-45-46(34-65)54(56-69-51-31-39(63(11,12)13)23-27-43(51)44-28-24-40(64(14,15)16)32-52(44)70-56)48-36-66(59(73)77-19-3,60(74)78-20-4)35-47(48)53(45)55-67-49-29-37(61(5,6)7)21-25-41(49)42-26-22-38(62(8,9)10)30-50(42)68-55/h21-32H,17-20,33-36H2,1-16H3,(H,67,68)(H,69,70). The van der Waals surface area contributed by atoms with Gasteiger partial charge in [0.25, 0.3) is 0 Å². The molecule has 12 nitrogen and oxygen atoms in total. The molecular weight excluding hydrogens is 977 g/mol. The average Bonchev–Trinajstić information content (AvgIpc) is 4.02. The number of rotatable bonds is 10. The summed E-state index contributed by atoms with van der Waals surface area (Å²) < 4.78 is 23.6. The van der Waals surface area contributed by atoms with Gasteiger partial charge in [-0.15, -0.1) is 0 Å². The van der Waals surface area contributed by atoms with Gasteiger partial charge in [0, 0.05) is 70.4 Å². The summed E-state index contributed by atoms with van der Waals surface area (Å²) >= 11 is 0. The molecule has 0 aromatic heterocycles. The number of carbonyl (C=O) groups is 4. The number of hydrogen-bond donors (Lipinski definition) is 2. The summed E-state index contributed by atoms with van der Waals surface area (Å²) in [7, 11) is 0. The Hall–Kier alpha value is -7.08. The van der Waals surface area contributed by atoms with E-state index in [4.69, 9.17) is 28.9 Å². The minimum atomic E-state index is -1.84. The molecule has 410 valence electrons. The van der Waals surface area contributed by atoms with Crippen molar-refractivity contribution in [1.29, 1.82) is 0 Å². The molecule has 12 heteroatoms. The lowest BCUT2D eigenvalue weighted by atomic mass is 9.82. The molecule has 5 aromatic rings. The van der Waals surface area contributed by atoms with Crippen molar-refractivity contribution >= 4 is 58.3 Å². The highest BCUT2D eigenvalue weighted by Gasteiger charge is 2.59. The number of esters is 4. The SMILES string of the molecule is CCOC(=O)C1(C(=O)OCC)Cc2c(c(C3=Nc4cc(C(C)(C)C)ccc4-c4ccc(C(C)(C)C)cc4N3)c3c(c2C2=Nc4cc(C(C)(C)C)ccc4-c4ccc(C(C)(C)C)cc4N2)CC(C(=O)OCC)(C(=O)OCC)C3)C1. The molecule has 0 fully saturated rings. The number of anilines is 2. The van der Waals surface area contributed by atoms with Crippen LogP contribution in [0, 0.1) is 10.8 Å².